The third-order valence-corrected chi connectivity index (χ3v) is 0.231. The molecular formula is CH4ClNO. The van der Waals surface area contributed by atoms with Crippen LogP contribution in [0.5, 0.6) is 0 Å². The summed E-state index contributed by atoms with van der Waals surface area (Å²) in [7, 11) is 1.44. The van der Waals surface area contributed by atoms with Crippen molar-refractivity contribution < 1.29 is 4.84 Å². The third-order valence-electron chi connectivity index (χ3n) is 0.0772. The van der Waals surface area contributed by atoms with Gasteiger partial charge in [0, 0.05) is 11.8 Å². The van der Waals surface area contributed by atoms with Crippen molar-refractivity contribution in [1.82, 2.24) is 5.00 Å². The van der Waals surface area contributed by atoms with E-state index in [1.54, 1.807) is 0 Å². The first-order chi connectivity index (χ1) is 1.91. The highest BCUT2D eigenvalue weighted by atomic mass is 35.5. The Kier molecular flexibility index (Phi) is 3.38. The van der Waals surface area contributed by atoms with Crippen LogP contribution in [0.15, 0.2) is 0 Å². The van der Waals surface area contributed by atoms with E-state index in [-0.39, 0.29) is 0 Å². The maximum Gasteiger partial charge on any atom is 0.0587 e. The molecule has 0 aromatic rings. The lowest BCUT2D eigenvalue weighted by atomic mass is 11.7. The van der Waals surface area contributed by atoms with E-state index in [1.807, 2.05) is 5.00 Å². The third kappa shape index (κ3) is 2.21. The van der Waals surface area contributed by atoms with Gasteiger partial charge in [-0.3, -0.25) is 4.84 Å². The van der Waals surface area contributed by atoms with Crippen LogP contribution >= 0.6 is 11.8 Å². The van der Waals surface area contributed by atoms with Gasteiger partial charge in [-0.25, -0.2) is 0 Å². The zero-order valence-corrected chi connectivity index (χ0v) is 3.04. The Labute approximate surface area is 29.8 Å². The molecule has 0 bridgehead atoms. The summed E-state index contributed by atoms with van der Waals surface area (Å²) in [6, 6.07) is 0. The summed E-state index contributed by atoms with van der Waals surface area (Å²) in [6.45, 7) is 0. The lowest BCUT2D eigenvalue weighted by molar-refractivity contribution is 0.157. The Balaban J connectivity index is 1.97. The fourth-order valence-electron chi connectivity index (χ4n) is 0. The normalized spacial score (nSPS) is 7.50. The van der Waals surface area contributed by atoms with Gasteiger partial charge >= 0.3 is 0 Å². The van der Waals surface area contributed by atoms with Crippen LogP contribution in [-0.4, -0.2) is 7.11 Å². The van der Waals surface area contributed by atoms with E-state index in [0.29, 0.717) is 0 Å². The van der Waals surface area contributed by atoms with Gasteiger partial charge in [-0.1, -0.05) is 0 Å². The fourth-order valence-corrected chi connectivity index (χ4v) is 0. The first kappa shape index (κ1) is 4.21. The molecule has 0 aliphatic rings. The molecule has 4 heavy (non-hydrogen) atoms. The van der Waals surface area contributed by atoms with Crippen molar-refractivity contribution in [2.75, 3.05) is 7.11 Å². The average molecular weight is 81.5 g/mol. The molecule has 2 nitrogen and oxygen atoms in total. The van der Waals surface area contributed by atoms with Crippen molar-refractivity contribution >= 4 is 11.8 Å². The quantitative estimate of drug-likeness (QED) is 0.362. The van der Waals surface area contributed by atoms with Gasteiger partial charge in [-0.15, -0.1) is 5.00 Å². The molecule has 0 amide bonds. The highest BCUT2D eigenvalue weighted by Gasteiger charge is 1.49. The van der Waals surface area contributed by atoms with Gasteiger partial charge in [0.05, 0.1) is 7.11 Å². The molecule has 26 valence electrons. The van der Waals surface area contributed by atoms with Crippen molar-refractivity contribution in [1.29, 1.82) is 0 Å². The van der Waals surface area contributed by atoms with E-state index in [9.17, 15) is 0 Å². The minimum Gasteiger partial charge on any atom is -0.290 e. The Morgan fingerprint density at radius 1 is 2.00 bits per heavy atom. The Bertz CT molecular complexity index is 10.0. The van der Waals surface area contributed by atoms with Crippen LogP contribution in [0, 0.1) is 0 Å². The van der Waals surface area contributed by atoms with Gasteiger partial charge in [0.1, 0.15) is 0 Å². The standard InChI is InChI=1S/CH4ClNO/c1-4-3-2/h3H,1H3. The lowest BCUT2D eigenvalue weighted by Crippen LogP contribution is -1.90. The maximum absolute atomic E-state index is 4.71. The highest BCUT2D eigenvalue weighted by Crippen LogP contribution is 1.51. The molecule has 0 rings (SSSR count). The van der Waals surface area contributed by atoms with Gasteiger partial charge in [0.15, 0.2) is 0 Å². The molecule has 0 aromatic heterocycles. The van der Waals surface area contributed by atoms with Crippen LogP contribution in [0.4, 0.5) is 0 Å². The van der Waals surface area contributed by atoms with Gasteiger partial charge in [-0.2, -0.15) is 0 Å². The first-order valence-electron chi connectivity index (χ1n) is 0.801. The van der Waals surface area contributed by atoms with Crippen LogP contribution in [0.3, 0.4) is 0 Å². The summed E-state index contributed by atoms with van der Waals surface area (Å²) >= 11 is 4.71. The zero-order chi connectivity index (χ0) is 3.41. The van der Waals surface area contributed by atoms with Crippen molar-refractivity contribution in [2.45, 2.75) is 0 Å². The molecule has 0 spiro atoms. The number of hydrogen-bond donors (Lipinski definition) is 1. The molecule has 0 aliphatic carbocycles. The zero-order valence-electron chi connectivity index (χ0n) is 2.29. The monoisotopic (exact) mass is 81.0 g/mol. The van der Waals surface area contributed by atoms with Crippen LogP contribution < -0.4 is 5.00 Å². The summed E-state index contributed by atoms with van der Waals surface area (Å²) in [6.07, 6.45) is 0. The van der Waals surface area contributed by atoms with Gasteiger partial charge in [0.25, 0.3) is 0 Å². The van der Waals surface area contributed by atoms with E-state index in [2.05, 4.69) is 4.84 Å². The molecule has 0 aromatic carbocycles. The lowest BCUT2D eigenvalue weighted by Gasteiger charge is -1.76. The van der Waals surface area contributed by atoms with E-state index < -0.39 is 0 Å². The summed E-state index contributed by atoms with van der Waals surface area (Å²) in [5, 5.41) is 0. The van der Waals surface area contributed by atoms with E-state index in [0.717, 1.165) is 0 Å². The van der Waals surface area contributed by atoms with E-state index in [4.69, 9.17) is 11.8 Å². The minimum atomic E-state index is 1.44. The molecule has 0 heterocycles. The van der Waals surface area contributed by atoms with Crippen molar-refractivity contribution in [3.8, 4) is 0 Å². The molecule has 0 saturated heterocycles. The summed E-state index contributed by atoms with van der Waals surface area (Å²) in [5.74, 6) is 0. The Morgan fingerprint density at radius 3 is 2.25 bits per heavy atom. The molecule has 0 unspecified atom stereocenters. The second-order valence-electron chi connectivity index (χ2n) is 0.281. The SMILES string of the molecule is CONCl. The van der Waals surface area contributed by atoms with Crippen LogP contribution in [0.1, 0.15) is 0 Å². The van der Waals surface area contributed by atoms with Crippen molar-refractivity contribution in [3.63, 3.8) is 0 Å². The van der Waals surface area contributed by atoms with Gasteiger partial charge in [-0.05, 0) is 0 Å². The highest BCUT2D eigenvalue weighted by molar-refractivity contribution is 6.12. The molecule has 0 fully saturated rings. The van der Waals surface area contributed by atoms with Gasteiger partial charge in [0.2, 0.25) is 0 Å². The molecule has 0 aliphatic heterocycles. The smallest absolute Gasteiger partial charge is 0.0587 e. The van der Waals surface area contributed by atoms with Crippen LogP contribution in [0.25, 0.3) is 0 Å². The predicted octanol–water partition coefficient (Wildman–Crippen LogP) is 0.291. The Morgan fingerprint density at radius 2 is 2.25 bits per heavy atom. The Hall–Kier alpha value is 0.210. The predicted molar refractivity (Wildman–Crippen MR) is 16.0 cm³/mol. The largest absolute Gasteiger partial charge is 0.290 e. The molecule has 3 heteroatoms. The number of hydrogen-bond acceptors (Lipinski definition) is 2. The molecule has 0 saturated carbocycles. The number of halogens is 1. The van der Waals surface area contributed by atoms with Gasteiger partial charge < -0.3 is 0 Å². The van der Waals surface area contributed by atoms with Crippen molar-refractivity contribution in [2.24, 2.45) is 0 Å². The van der Waals surface area contributed by atoms with E-state index >= 15 is 0 Å². The summed E-state index contributed by atoms with van der Waals surface area (Å²) in [5.41, 5.74) is 0. The second-order valence-corrected chi connectivity index (χ2v) is 0.436. The second kappa shape index (κ2) is 3.21. The fraction of sp³-hybridized carbons (Fsp3) is 1.00. The molecule has 1 N–H and O–H groups in total. The molecular weight excluding hydrogens is 77.5 g/mol. The summed E-state index contributed by atoms with van der Waals surface area (Å²) in [4.78, 5) is 5.96. The number of rotatable bonds is 1. The average Bonchev–Trinajstić information content (AvgIpc) is 1.37. The maximum atomic E-state index is 4.71. The van der Waals surface area contributed by atoms with Crippen LogP contribution in [0.2, 0.25) is 0 Å². The molecule has 0 radical (unpaired) electrons. The van der Waals surface area contributed by atoms with Crippen molar-refractivity contribution in [3.05, 3.63) is 0 Å². The number of nitrogens with one attached hydrogen (secondary N) is 1. The molecule has 0 atom stereocenters. The summed E-state index contributed by atoms with van der Waals surface area (Å²) < 4.78 is 0. The minimum absolute atomic E-state index is 1.44. The topological polar surface area (TPSA) is 21.3 Å². The first-order valence-corrected chi connectivity index (χ1v) is 1.18. The van der Waals surface area contributed by atoms with E-state index in [1.165, 1.54) is 7.11 Å². The van der Waals surface area contributed by atoms with Crippen LogP contribution in [-0.2, 0) is 4.84 Å².